The van der Waals surface area contributed by atoms with Crippen LogP contribution in [-0.2, 0) is 4.79 Å². The molecule has 2 radical (unpaired) electrons. The van der Waals surface area contributed by atoms with E-state index in [1.54, 1.807) is 0 Å². The Labute approximate surface area is 55.4 Å². The van der Waals surface area contributed by atoms with Crippen LogP contribution in [0.1, 0.15) is 13.3 Å². The molecule has 0 amide bonds. The Balaban J connectivity index is 3.52. The summed E-state index contributed by atoms with van der Waals surface area (Å²) in [5.74, 6) is -0.791. The molecular weight excluding hydrogens is 144 g/mol. The maximum Gasteiger partial charge on any atom is 0.304 e. The van der Waals surface area contributed by atoms with E-state index in [0.29, 0.717) is 6.42 Å². The molecule has 1 atom stereocenters. The lowest BCUT2D eigenvalue weighted by Gasteiger charge is -1.99. The van der Waals surface area contributed by atoms with Gasteiger partial charge in [0.2, 0.25) is 0 Å². The number of rotatable bonds is 3. The number of carboxylic acid groups (broad SMARTS) is 1. The Kier molecular flexibility index (Phi) is 3.91. The second-order valence-electron chi connectivity index (χ2n) is 1.41. The van der Waals surface area contributed by atoms with Gasteiger partial charge < -0.3 is 5.11 Å². The van der Waals surface area contributed by atoms with E-state index in [4.69, 9.17) is 16.2 Å². The highest BCUT2D eigenvalue weighted by Crippen LogP contribution is 2.08. The smallest absolute Gasteiger partial charge is 0.304 e. The Morgan fingerprint density at radius 2 is 2.50 bits per heavy atom. The monoisotopic (exact) mass is 150 g/mol. The van der Waals surface area contributed by atoms with Gasteiger partial charge in [-0.3, -0.25) is 4.79 Å². The van der Waals surface area contributed by atoms with Gasteiger partial charge in [0.05, 0.1) is 5.54 Å². The standard InChI is InChI=1S/C4H7ClO2Si/c1-2-3(8-5)4(6)7/h3H,2H2,1H3,(H,6,7). The quantitative estimate of drug-likeness (QED) is 0.484. The minimum absolute atomic E-state index is 0.00193. The zero-order valence-electron chi connectivity index (χ0n) is 4.52. The topological polar surface area (TPSA) is 37.3 Å². The Bertz CT molecular complexity index is 82.1. The van der Waals surface area contributed by atoms with Gasteiger partial charge in [-0.1, -0.05) is 6.92 Å². The highest BCUT2D eigenvalue weighted by Gasteiger charge is 2.13. The fourth-order valence-electron chi connectivity index (χ4n) is 0.298. The molecular formula is C4H7ClO2Si. The average molecular weight is 151 g/mol. The Hall–Kier alpha value is -0.0231. The van der Waals surface area contributed by atoms with Gasteiger partial charge in [-0.05, 0) is 6.42 Å². The van der Waals surface area contributed by atoms with Crippen LogP contribution in [0.4, 0.5) is 0 Å². The van der Waals surface area contributed by atoms with Gasteiger partial charge in [-0.15, -0.1) is 0 Å². The number of hydrogen-bond acceptors (Lipinski definition) is 1. The van der Waals surface area contributed by atoms with Crippen LogP contribution in [-0.4, -0.2) is 19.9 Å². The van der Waals surface area contributed by atoms with E-state index in [1.165, 1.54) is 0 Å². The van der Waals surface area contributed by atoms with Crippen molar-refractivity contribution >= 4 is 25.9 Å². The molecule has 4 heteroatoms. The van der Waals surface area contributed by atoms with Gasteiger partial charge in [0, 0.05) is 0 Å². The molecule has 0 saturated heterocycles. The van der Waals surface area contributed by atoms with Crippen LogP contribution < -0.4 is 0 Å². The highest BCUT2D eigenvalue weighted by atomic mass is 35.6. The minimum Gasteiger partial charge on any atom is -0.481 e. The molecule has 0 rings (SSSR count). The maximum absolute atomic E-state index is 10.1. The first-order valence-corrected chi connectivity index (χ1v) is 4.40. The van der Waals surface area contributed by atoms with Crippen LogP contribution in [0.3, 0.4) is 0 Å². The summed E-state index contributed by atoms with van der Waals surface area (Å²) in [5.41, 5.74) is -0.336. The van der Waals surface area contributed by atoms with Crippen molar-refractivity contribution in [2.75, 3.05) is 0 Å². The lowest BCUT2D eigenvalue weighted by molar-refractivity contribution is -0.136. The normalized spacial score (nSPS) is 13.2. The van der Waals surface area contributed by atoms with Gasteiger partial charge in [0.25, 0.3) is 0 Å². The van der Waals surface area contributed by atoms with Crippen LogP contribution in [0, 0.1) is 0 Å². The number of aliphatic carboxylic acids is 1. The third kappa shape index (κ3) is 2.33. The van der Waals surface area contributed by atoms with E-state index < -0.39 is 5.97 Å². The Morgan fingerprint density at radius 1 is 2.00 bits per heavy atom. The zero-order chi connectivity index (χ0) is 6.57. The molecule has 0 saturated carbocycles. The zero-order valence-corrected chi connectivity index (χ0v) is 6.27. The predicted molar refractivity (Wildman–Crippen MR) is 33.3 cm³/mol. The number of carboxylic acids is 1. The molecule has 0 aromatic carbocycles. The van der Waals surface area contributed by atoms with Gasteiger partial charge in [-0.25, -0.2) is 0 Å². The van der Waals surface area contributed by atoms with E-state index in [9.17, 15) is 4.79 Å². The maximum atomic E-state index is 10.1. The first kappa shape index (κ1) is 7.98. The van der Waals surface area contributed by atoms with Gasteiger partial charge >= 0.3 is 5.97 Å². The summed E-state index contributed by atoms with van der Waals surface area (Å²) >= 11 is 5.31. The van der Waals surface area contributed by atoms with Gasteiger partial charge in [0.15, 0.2) is 8.83 Å². The van der Waals surface area contributed by atoms with Crippen molar-refractivity contribution in [3.8, 4) is 0 Å². The fourth-order valence-corrected chi connectivity index (χ4v) is 1.29. The summed E-state index contributed by atoms with van der Waals surface area (Å²) in [7, 11) is 0.00193. The second kappa shape index (κ2) is 3.92. The van der Waals surface area contributed by atoms with E-state index in [1.807, 2.05) is 6.92 Å². The molecule has 0 aromatic heterocycles. The van der Waals surface area contributed by atoms with E-state index in [0.717, 1.165) is 0 Å². The summed E-state index contributed by atoms with van der Waals surface area (Å²) in [6.07, 6.45) is 0.622. The average Bonchev–Trinajstić information content (AvgIpc) is 1.69. The molecule has 0 heterocycles. The number of carbonyl (C=O) groups is 1. The minimum atomic E-state index is -0.791. The molecule has 0 aliphatic heterocycles. The summed E-state index contributed by atoms with van der Waals surface area (Å²) in [6.45, 7) is 1.81. The fraction of sp³-hybridized carbons (Fsp3) is 0.750. The van der Waals surface area contributed by atoms with Crippen molar-refractivity contribution in [1.82, 2.24) is 0 Å². The van der Waals surface area contributed by atoms with Crippen molar-refractivity contribution in [1.29, 1.82) is 0 Å². The third-order valence-corrected chi connectivity index (χ3v) is 2.55. The molecule has 0 bridgehead atoms. The summed E-state index contributed by atoms with van der Waals surface area (Å²) in [4.78, 5) is 10.1. The molecule has 0 aliphatic rings. The molecule has 0 aromatic rings. The lowest BCUT2D eigenvalue weighted by Crippen LogP contribution is -2.09. The van der Waals surface area contributed by atoms with Crippen molar-refractivity contribution in [2.45, 2.75) is 18.9 Å². The Morgan fingerprint density at radius 3 is 2.50 bits per heavy atom. The molecule has 46 valence electrons. The van der Waals surface area contributed by atoms with Crippen LogP contribution in [0.25, 0.3) is 0 Å². The first-order valence-electron chi connectivity index (χ1n) is 2.31. The summed E-state index contributed by atoms with van der Waals surface area (Å²) in [6, 6.07) is 0. The highest BCUT2D eigenvalue weighted by molar-refractivity contribution is 6.95. The number of hydrogen-bond donors (Lipinski definition) is 1. The largest absolute Gasteiger partial charge is 0.481 e. The summed E-state index contributed by atoms with van der Waals surface area (Å²) < 4.78 is 0. The molecule has 0 spiro atoms. The summed E-state index contributed by atoms with van der Waals surface area (Å²) in [5, 5.41) is 8.30. The van der Waals surface area contributed by atoms with Crippen LogP contribution >= 0.6 is 11.1 Å². The first-order chi connectivity index (χ1) is 3.72. The molecule has 0 fully saturated rings. The van der Waals surface area contributed by atoms with E-state index in [-0.39, 0.29) is 14.4 Å². The van der Waals surface area contributed by atoms with Gasteiger partial charge in [0.1, 0.15) is 0 Å². The van der Waals surface area contributed by atoms with Crippen molar-refractivity contribution < 1.29 is 9.90 Å². The van der Waals surface area contributed by atoms with E-state index >= 15 is 0 Å². The van der Waals surface area contributed by atoms with Crippen LogP contribution in [0.2, 0.25) is 5.54 Å². The van der Waals surface area contributed by atoms with Gasteiger partial charge in [-0.2, -0.15) is 11.1 Å². The number of halogens is 1. The molecule has 1 N–H and O–H groups in total. The molecule has 8 heavy (non-hydrogen) atoms. The molecule has 1 unspecified atom stereocenters. The SMILES string of the molecule is CCC([Si]Cl)C(=O)O. The molecule has 2 nitrogen and oxygen atoms in total. The molecule has 0 aliphatic carbocycles. The van der Waals surface area contributed by atoms with Crippen molar-refractivity contribution in [3.05, 3.63) is 0 Å². The lowest BCUT2D eigenvalue weighted by atomic mass is 10.3. The second-order valence-corrected chi connectivity index (χ2v) is 2.98. The third-order valence-electron chi connectivity index (χ3n) is 0.838. The predicted octanol–water partition coefficient (Wildman–Crippen LogP) is 1.13. The van der Waals surface area contributed by atoms with Crippen LogP contribution in [0.5, 0.6) is 0 Å². The van der Waals surface area contributed by atoms with E-state index in [2.05, 4.69) is 0 Å². The van der Waals surface area contributed by atoms with Crippen LogP contribution in [0.15, 0.2) is 0 Å². The van der Waals surface area contributed by atoms with Crippen molar-refractivity contribution in [2.24, 2.45) is 0 Å². The van der Waals surface area contributed by atoms with Crippen molar-refractivity contribution in [3.63, 3.8) is 0 Å².